The molecule has 0 heterocycles. The van der Waals surface area contributed by atoms with Crippen molar-refractivity contribution >= 4 is 11.6 Å². The quantitative estimate of drug-likeness (QED) is 0.820. The van der Waals surface area contributed by atoms with E-state index in [1.165, 1.54) is 5.56 Å². The highest BCUT2D eigenvalue weighted by atomic mass is 16.1. The highest BCUT2D eigenvalue weighted by Crippen LogP contribution is 2.20. The second kappa shape index (κ2) is 7.63. The lowest BCUT2D eigenvalue weighted by atomic mass is 10.0. The SMILES string of the molecule is CCCC(C)C(=O)Nc1ccccc1Cc1ccccc1. The lowest BCUT2D eigenvalue weighted by molar-refractivity contribution is -0.119. The number of anilines is 1. The molecule has 2 aromatic carbocycles. The lowest BCUT2D eigenvalue weighted by Gasteiger charge is -2.14. The van der Waals surface area contributed by atoms with E-state index in [4.69, 9.17) is 0 Å². The number of nitrogens with one attached hydrogen (secondary N) is 1. The maximum atomic E-state index is 12.2. The van der Waals surface area contributed by atoms with Gasteiger partial charge in [0.1, 0.15) is 0 Å². The first-order valence-electron chi connectivity index (χ1n) is 7.63. The highest BCUT2D eigenvalue weighted by molar-refractivity contribution is 5.93. The number of benzene rings is 2. The smallest absolute Gasteiger partial charge is 0.227 e. The Kier molecular flexibility index (Phi) is 5.56. The first-order valence-corrected chi connectivity index (χ1v) is 7.63. The molecule has 1 unspecified atom stereocenters. The van der Waals surface area contributed by atoms with Crippen LogP contribution in [0.1, 0.15) is 37.8 Å². The summed E-state index contributed by atoms with van der Waals surface area (Å²) in [4.78, 5) is 12.2. The number of amides is 1. The van der Waals surface area contributed by atoms with Crippen LogP contribution in [0.15, 0.2) is 54.6 Å². The van der Waals surface area contributed by atoms with Crippen molar-refractivity contribution in [3.8, 4) is 0 Å². The molecule has 0 saturated carbocycles. The van der Waals surface area contributed by atoms with Crippen molar-refractivity contribution < 1.29 is 4.79 Å². The number of carbonyl (C=O) groups excluding carboxylic acids is 1. The molecule has 0 saturated heterocycles. The third-order valence-electron chi connectivity index (χ3n) is 3.68. The van der Waals surface area contributed by atoms with Crippen LogP contribution in [0.3, 0.4) is 0 Å². The number of hydrogen-bond acceptors (Lipinski definition) is 1. The van der Waals surface area contributed by atoms with E-state index in [1.807, 2.05) is 43.3 Å². The summed E-state index contributed by atoms with van der Waals surface area (Å²) in [6.45, 7) is 4.09. The maximum Gasteiger partial charge on any atom is 0.227 e. The lowest BCUT2D eigenvalue weighted by Crippen LogP contribution is -2.21. The van der Waals surface area contributed by atoms with Crippen LogP contribution in [0.5, 0.6) is 0 Å². The minimum Gasteiger partial charge on any atom is -0.326 e. The number of hydrogen-bond donors (Lipinski definition) is 1. The van der Waals surface area contributed by atoms with Gasteiger partial charge in [-0.2, -0.15) is 0 Å². The van der Waals surface area contributed by atoms with Gasteiger partial charge in [0, 0.05) is 11.6 Å². The summed E-state index contributed by atoms with van der Waals surface area (Å²) in [5.74, 6) is 0.164. The van der Waals surface area contributed by atoms with E-state index in [1.54, 1.807) is 0 Å². The monoisotopic (exact) mass is 281 g/mol. The van der Waals surface area contributed by atoms with Crippen molar-refractivity contribution in [2.45, 2.75) is 33.1 Å². The fourth-order valence-corrected chi connectivity index (χ4v) is 2.43. The van der Waals surface area contributed by atoms with Gasteiger partial charge in [0.25, 0.3) is 0 Å². The van der Waals surface area contributed by atoms with Gasteiger partial charge in [-0.1, -0.05) is 68.8 Å². The van der Waals surface area contributed by atoms with Crippen LogP contribution >= 0.6 is 0 Å². The predicted molar refractivity (Wildman–Crippen MR) is 88.4 cm³/mol. The minimum absolute atomic E-state index is 0.0554. The van der Waals surface area contributed by atoms with E-state index in [-0.39, 0.29) is 11.8 Å². The van der Waals surface area contributed by atoms with Gasteiger partial charge < -0.3 is 5.32 Å². The molecule has 0 aliphatic heterocycles. The topological polar surface area (TPSA) is 29.1 Å². The van der Waals surface area contributed by atoms with Gasteiger partial charge in [0.15, 0.2) is 0 Å². The fraction of sp³-hybridized carbons (Fsp3) is 0.316. The van der Waals surface area contributed by atoms with Gasteiger partial charge in [-0.3, -0.25) is 4.79 Å². The van der Waals surface area contributed by atoms with E-state index in [9.17, 15) is 4.79 Å². The maximum absolute atomic E-state index is 12.2. The van der Waals surface area contributed by atoms with E-state index in [2.05, 4.69) is 30.4 Å². The minimum atomic E-state index is 0.0554. The predicted octanol–water partition coefficient (Wildman–Crippen LogP) is 4.65. The van der Waals surface area contributed by atoms with Crippen LogP contribution in [-0.2, 0) is 11.2 Å². The molecule has 1 N–H and O–H groups in total. The Morgan fingerprint density at radius 1 is 1.05 bits per heavy atom. The fourth-order valence-electron chi connectivity index (χ4n) is 2.43. The first-order chi connectivity index (χ1) is 10.2. The summed E-state index contributed by atoms with van der Waals surface area (Å²) >= 11 is 0. The van der Waals surface area contributed by atoms with E-state index >= 15 is 0 Å². The second-order valence-electron chi connectivity index (χ2n) is 5.50. The Hall–Kier alpha value is -2.09. The van der Waals surface area contributed by atoms with Crippen molar-refractivity contribution in [3.63, 3.8) is 0 Å². The standard InChI is InChI=1S/C19H23NO/c1-3-9-15(2)19(21)20-18-13-8-7-12-17(18)14-16-10-5-4-6-11-16/h4-8,10-13,15H,3,9,14H2,1-2H3,(H,20,21). The Balaban J connectivity index is 2.12. The Morgan fingerprint density at radius 3 is 2.43 bits per heavy atom. The molecule has 0 spiro atoms. The van der Waals surface area contributed by atoms with E-state index < -0.39 is 0 Å². The van der Waals surface area contributed by atoms with Gasteiger partial charge in [-0.15, -0.1) is 0 Å². The average molecular weight is 281 g/mol. The Labute approximate surface area is 127 Å². The summed E-state index contributed by atoms with van der Waals surface area (Å²) in [5.41, 5.74) is 3.33. The Bertz CT molecular complexity index is 577. The first kappa shape index (κ1) is 15.3. The van der Waals surface area contributed by atoms with Crippen molar-refractivity contribution in [2.75, 3.05) is 5.32 Å². The van der Waals surface area contributed by atoms with Crippen molar-refractivity contribution in [1.82, 2.24) is 0 Å². The molecular weight excluding hydrogens is 258 g/mol. The van der Waals surface area contributed by atoms with Gasteiger partial charge >= 0.3 is 0 Å². The van der Waals surface area contributed by atoms with Crippen LogP contribution in [0.4, 0.5) is 5.69 Å². The molecule has 0 aliphatic rings. The summed E-state index contributed by atoms with van der Waals surface area (Å²) in [7, 11) is 0. The number of carbonyl (C=O) groups is 1. The molecule has 0 aliphatic carbocycles. The zero-order valence-electron chi connectivity index (χ0n) is 12.8. The van der Waals surface area contributed by atoms with Crippen LogP contribution in [0, 0.1) is 5.92 Å². The third-order valence-corrected chi connectivity index (χ3v) is 3.68. The molecule has 2 aromatic rings. The van der Waals surface area contributed by atoms with Gasteiger partial charge in [0.05, 0.1) is 0 Å². The van der Waals surface area contributed by atoms with E-state index in [0.29, 0.717) is 0 Å². The largest absolute Gasteiger partial charge is 0.326 e. The molecule has 21 heavy (non-hydrogen) atoms. The molecule has 2 heteroatoms. The molecular formula is C19H23NO. The van der Waals surface area contributed by atoms with Crippen molar-refractivity contribution in [3.05, 3.63) is 65.7 Å². The van der Waals surface area contributed by atoms with Crippen LogP contribution in [-0.4, -0.2) is 5.91 Å². The summed E-state index contributed by atoms with van der Waals surface area (Å²) in [6.07, 6.45) is 2.78. The van der Waals surface area contributed by atoms with Gasteiger partial charge in [-0.25, -0.2) is 0 Å². The van der Waals surface area contributed by atoms with Crippen molar-refractivity contribution in [1.29, 1.82) is 0 Å². The zero-order valence-corrected chi connectivity index (χ0v) is 12.8. The molecule has 0 radical (unpaired) electrons. The van der Waals surface area contributed by atoms with Crippen LogP contribution in [0.2, 0.25) is 0 Å². The van der Waals surface area contributed by atoms with Crippen LogP contribution in [0.25, 0.3) is 0 Å². The summed E-state index contributed by atoms with van der Waals surface area (Å²) < 4.78 is 0. The normalized spacial score (nSPS) is 11.9. The molecule has 110 valence electrons. The molecule has 2 nitrogen and oxygen atoms in total. The Morgan fingerprint density at radius 2 is 1.71 bits per heavy atom. The van der Waals surface area contributed by atoms with E-state index in [0.717, 1.165) is 30.5 Å². The molecule has 1 atom stereocenters. The second-order valence-corrected chi connectivity index (χ2v) is 5.50. The number of para-hydroxylation sites is 1. The molecule has 2 rings (SSSR count). The van der Waals surface area contributed by atoms with Crippen molar-refractivity contribution in [2.24, 2.45) is 5.92 Å². The average Bonchev–Trinajstić information content (AvgIpc) is 2.50. The highest BCUT2D eigenvalue weighted by Gasteiger charge is 2.13. The summed E-state index contributed by atoms with van der Waals surface area (Å²) in [5, 5.41) is 3.08. The molecule has 0 bridgehead atoms. The molecule has 1 amide bonds. The summed E-state index contributed by atoms with van der Waals surface area (Å²) in [6, 6.07) is 18.4. The molecule has 0 aromatic heterocycles. The number of rotatable bonds is 6. The zero-order chi connectivity index (χ0) is 15.1. The van der Waals surface area contributed by atoms with Gasteiger partial charge in [0.2, 0.25) is 5.91 Å². The molecule has 0 fully saturated rings. The third kappa shape index (κ3) is 4.45. The van der Waals surface area contributed by atoms with Crippen LogP contribution < -0.4 is 5.32 Å². The van der Waals surface area contributed by atoms with Gasteiger partial charge in [-0.05, 0) is 30.0 Å².